The Bertz CT molecular complexity index is 363. The third-order valence-corrected chi connectivity index (χ3v) is 2.59. The van der Waals surface area contributed by atoms with Crippen molar-refractivity contribution in [2.24, 2.45) is 0 Å². The molecule has 1 aliphatic rings. The highest BCUT2D eigenvalue weighted by Gasteiger charge is 2.20. The normalized spacial score (nSPS) is 13.8. The summed E-state index contributed by atoms with van der Waals surface area (Å²) in [7, 11) is 4.02. The van der Waals surface area contributed by atoms with Gasteiger partial charge in [0.05, 0.1) is 12.3 Å². The van der Waals surface area contributed by atoms with Gasteiger partial charge in [-0.3, -0.25) is 0 Å². The Morgan fingerprint density at radius 2 is 2.07 bits per heavy atom. The Labute approximate surface area is 90.3 Å². The SMILES string of the molecule is CCOc1nc2c(c(N(C)C)n1)CCC2. The van der Waals surface area contributed by atoms with Crippen LogP contribution in [-0.4, -0.2) is 30.7 Å². The summed E-state index contributed by atoms with van der Waals surface area (Å²) in [5.41, 5.74) is 2.46. The Kier molecular flexibility index (Phi) is 2.75. The zero-order chi connectivity index (χ0) is 10.8. The minimum atomic E-state index is 0.516. The molecule has 0 saturated carbocycles. The van der Waals surface area contributed by atoms with E-state index in [2.05, 4.69) is 9.97 Å². The van der Waals surface area contributed by atoms with Crippen LogP contribution in [0.25, 0.3) is 0 Å². The van der Waals surface area contributed by atoms with Crippen molar-refractivity contribution >= 4 is 5.82 Å². The van der Waals surface area contributed by atoms with Gasteiger partial charge in [-0.2, -0.15) is 9.97 Å². The summed E-state index contributed by atoms with van der Waals surface area (Å²) in [6.45, 7) is 2.57. The first-order chi connectivity index (χ1) is 7.22. The van der Waals surface area contributed by atoms with Gasteiger partial charge in [0, 0.05) is 19.7 Å². The molecule has 4 nitrogen and oxygen atoms in total. The van der Waals surface area contributed by atoms with E-state index in [1.54, 1.807) is 0 Å². The lowest BCUT2D eigenvalue weighted by molar-refractivity contribution is 0.311. The quantitative estimate of drug-likeness (QED) is 0.751. The second kappa shape index (κ2) is 4.04. The molecule has 0 saturated heterocycles. The summed E-state index contributed by atoms with van der Waals surface area (Å²) < 4.78 is 5.37. The topological polar surface area (TPSA) is 38.2 Å². The second-order valence-electron chi connectivity index (χ2n) is 3.94. The molecule has 0 aromatic carbocycles. The highest BCUT2D eigenvalue weighted by Crippen LogP contribution is 2.29. The van der Waals surface area contributed by atoms with E-state index in [1.165, 1.54) is 12.0 Å². The molecule has 15 heavy (non-hydrogen) atoms. The van der Waals surface area contributed by atoms with E-state index < -0.39 is 0 Å². The monoisotopic (exact) mass is 207 g/mol. The first-order valence-electron chi connectivity index (χ1n) is 5.42. The molecule has 1 aliphatic carbocycles. The lowest BCUT2D eigenvalue weighted by Crippen LogP contribution is -2.15. The number of aromatic nitrogens is 2. The third kappa shape index (κ3) is 1.89. The molecular formula is C11H17N3O. The van der Waals surface area contributed by atoms with Crippen molar-refractivity contribution in [1.29, 1.82) is 0 Å². The molecule has 1 aromatic rings. The lowest BCUT2D eigenvalue weighted by Gasteiger charge is -2.16. The Morgan fingerprint density at radius 1 is 1.27 bits per heavy atom. The average molecular weight is 207 g/mol. The van der Waals surface area contributed by atoms with Crippen molar-refractivity contribution < 1.29 is 4.74 Å². The number of rotatable bonds is 3. The molecule has 0 atom stereocenters. The molecular weight excluding hydrogens is 190 g/mol. The number of fused-ring (bicyclic) bond motifs is 1. The predicted octanol–water partition coefficient (Wildman–Crippen LogP) is 1.43. The van der Waals surface area contributed by atoms with E-state index >= 15 is 0 Å². The third-order valence-electron chi connectivity index (χ3n) is 2.59. The maximum absolute atomic E-state index is 5.37. The van der Waals surface area contributed by atoms with Crippen molar-refractivity contribution in [3.05, 3.63) is 11.3 Å². The van der Waals surface area contributed by atoms with Gasteiger partial charge in [-0.05, 0) is 26.2 Å². The average Bonchev–Trinajstić information content (AvgIpc) is 2.64. The zero-order valence-electron chi connectivity index (χ0n) is 9.58. The predicted molar refractivity (Wildman–Crippen MR) is 59.6 cm³/mol. The maximum Gasteiger partial charge on any atom is 0.318 e. The minimum absolute atomic E-state index is 0.516. The molecule has 1 heterocycles. The number of anilines is 1. The molecule has 1 aromatic heterocycles. The largest absolute Gasteiger partial charge is 0.464 e. The van der Waals surface area contributed by atoms with Crippen molar-refractivity contribution in [3.8, 4) is 6.01 Å². The molecule has 82 valence electrons. The van der Waals surface area contributed by atoms with Crippen LogP contribution in [0.3, 0.4) is 0 Å². The smallest absolute Gasteiger partial charge is 0.318 e. The number of aryl methyl sites for hydroxylation is 1. The minimum Gasteiger partial charge on any atom is -0.464 e. The Hall–Kier alpha value is -1.32. The van der Waals surface area contributed by atoms with E-state index in [0.717, 1.165) is 24.4 Å². The maximum atomic E-state index is 5.37. The van der Waals surface area contributed by atoms with Crippen molar-refractivity contribution in [3.63, 3.8) is 0 Å². The molecule has 0 radical (unpaired) electrons. The first-order valence-corrected chi connectivity index (χ1v) is 5.42. The summed E-state index contributed by atoms with van der Waals surface area (Å²) in [5.74, 6) is 1.01. The molecule has 0 amide bonds. The lowest BCUT2D eigenvalue weighted by atomic mass is 10.2. The van der Waals surface area contributed by atoms with Gasteiger partial charge < -0.3 is 9.64 Å². The standard InChI is InChI=1S/C11H17N3O/c1-4-15-11-12-9-7-5-6-8(9)10(13-11)14(2)3/h4-7H2,1-3H3. The Balaban J connectivity index is 2.43. The fourth-order valence-corrected chi connectivity index (χ4v) is 1.95. The van der Waals surface area contributed by atoms with Gasteiger partial charge in [0.25, 0.3) is 0 Å². The summed E-state index contributed by atoms with van der Waals surface area (Å²) in [4.78, 5) is 10.9. The summed E-state index contributed by atoms with van der Waals surface area (Å²) in [6, 6.07) is 0.516. The highest BCUT2D eigenvalue weighted by molar-refractivity contribution is 5.50. The fourth-order valence-electron chi connectivity index (χ4n) is 1.95. The molecule has 0 aliphatic heterocycles. The van der Waals surface area contributed by atoms with E-state index in [1.807, 2.05) is 25.9 Å². The van der Waals surface area contributed by atoms with Gasteiger partial charge in [-0.25, -0.2) is 0 Å². The molecule has 0 N–H and O–H groups in total. The van der Waals surface area contributed by atoms with E-state index in [4.69, 9.17) is 4.74 Å². The van der Waals surface area contributed by atoms with Crippen LogP contribution >= 0.6 is 0 Å². The van der Waals surface area contributed by atoms with Gasteiger partial charge in [-0.1, -0.05) is 0 Å². The van der Waals surface area contributed by atoms with Gasteiger partial charge in [0.1, 0.15) is 5.82 Å². The van der Waals surface area contributed by atoms with Crippen LogP contribution in [0.4, 0.5) is 5.82 Å². The van der Waals surface area contributed by atoms with Crippen LogP contribution in [0, 0.1) is 0 Å². The van der Waals surface area contributed by atoms with E-state index in [0.29, 0.717) is 12.6 Å². The van der Waals surface area contributed by atoms with Crippen LogP contribution in [0.2, 0.25) is 0 Å². The first kappa shape index (κ1) is 10.2. The number of ether oxygens (including phenoxy) is 1. The van der Waals surface area contributed by atoms with Gasteiger partial charge in [0.2, 0.25) is 0 Å². The number of nitrogens with zero attached hydrogens (tertiary/aromatic N) is 3. The van der Waals surface area contributed by atoms with Gasteiger partial charge in [0.15, 0.2) is 0 Å². The summed E-state index contributed by atoms with van der Waals surface area (Å²) >= 11 is 0. The Morgan fingerprint density at radius 3 is 2.73 bits per heavy atom. The van der Waals surface area contributed by atoms with Crippen LogP contribution < -0.4 is 9.64 Å². The molecule has 4 heteroatoms. The fraction of sp³-hybridized carbons (Fsp3) is 0.636. The van der Waals surface area contributed by atoms with Crippen molar-refractivity contribution in [2.75, 3.05) is 25.6 Å². The van der Waals surface area contributed by atoms with Crippen molar-refractivity contribution in [1.82, 2.24) is 9.97 Å². The number of hydrogen-bond acceptors (Lipinski definition) is 4. The highest BCUT2D eigenvalue weighted by atomic mass is 16.5. The molecule has 0 unspecified atom stereocenters. The van der Waals surface area contributed by atoms with Crippen molar-refractivity contribution in [2.45, 2.75) is 26.2 Å². The molecule has 0 bridgehead atoms. The molecule has 0 fully saturated rings. The van der Waals surface area contributed by atoms with Crippen LogP contribution in [0.15, 0.2) is 0 Å². The number of hydrogen-bond donors (Lipinski definition) is 0. The van der Waals surface area contributed by atoms with Crippen LogP contribution in [0.1, 0.15) is 24.6 Å². The van der Waals surface area contributed by atoms with Crippen LogP contribution in [-0.2, 0) is 12.8 Å². The summed E-state index contributed by atoms with van der Waals surface area (Å²) in [5, 5.41) is 0. The van der Waals surface area contributed by atoms with Crippen LogP contribution in [0.5, 0.6) is 6.01 Å². The zero-order valence-corrected chi connectivity index (χ0v) is 9.58. The second-order valence-corrected chi connectivity index (χ2v) is 3.94. The van der Waals surface area contributed by atoms with Gasteiger partial charge in [-0.15, -0.1) is 0 Å². The summed E-state index contributed by atoms with van der Waals surface area (Å²) in [6.07, 6.45) is 3.33. The molecule has 2 rings (SSSR count). The van der Waals surface area contributed by atoms with Gasteiger partial charge >= 0.3 is 6.01 Å². The van der Waals surface area contributed by atoms with E-state index in [-0.39, 0.29) is 0 Å². The molecule has 0 spiro atoms. The van der Waals surface area contributed by atoms with E-state index in [9.17, 15) is 0 Å².